The number of aromatic nitrogens is 2. The lowest BCUT2D eigenvalue weighted by Gasteiger charge is -2.32. The number of amides is 1. The van der Waals surface area contributed by atoms with E-state index in [1.54, 1.807) is 11.3 Å². The second-order valence-corrected chi connectivity index (χ2v) is 7.43. The van der Waals surface area contributed by atoms with Crippen LogP contribution in [0.1, 0.15) is 30.5 Å². The minimum atomic E-state index is 0.177. The van der Waals surface area contributed by atoms with Crippen molar-refractivity contribution in [2.45, 2.75) is 32.2 Å². The van der Waals surface area contributed by atoms with Crippen molar-refractivity contribution in [1.82, 2.24) is 14.3 Å². The first kappa shape index (κ1) is 15.4. The number of thiazole rings is 1. The van der Waals surface area contributed by atoms with Crippen molar-refractivity contribution in [3.8, 4) is 0 Å². The number of imidazole rings is 1. The van der Waals surface area contributed by atoms with E-state index in [4.69, 9.17) is 0 Å². The molecule has 1 aliphatic carbocycles. The molecule has 4 nitrogen and oxygen atoms in total. The van der Waals surface area contributed by atoms with E-state index in [1.165, 1.54) is 24.8 Å². The van der Waals surface area contributed by atoms with E-state index < -0.39 is 0 Å². The molecule has 0 bridgehead atoms. The van der Waals surface area contributed by atoms with Crippen LogP contribution in [-0.4, -0.2) is 26.7 Å². The summed E-state index contributed by atoms with van der Waals surface area (Å²) in [5.41, 5.74) is 2.05. The highest BCUT2D eigenvalue weighted by molar-refractivity contribution is 7.15. The fourth-order valence-corrected chi connectivity index (χ4v) is 3.89. The van der Waals surface area contributed by atoms with Gasteiger partial charge in [-0.1, -0.05) is 36.8 Å². The van der Waals surface area contributed by atoms with Gasteiger partial charge < -0.3 is 4.90 Å². The van der Waals surface area contributed by atoms with Crippen molar-refractivity contribution in [3.05, 3.63) is 59.4 Å². The van der Waals surface area contributed by atoms with Gasteiger partial charge in [-0.25, -0.2) is 4.98 Å². The number of hydrogen-bond acceptors (Lipinski definition) is 3. The van der Waals surface area contributed by atoms with Gasteiger partial charge in [-0.05, 0) is 24.3 Å². The van der Waals surface area contributed by atoms with Crippen LogP contribution in [-0.2, 0) is 17.8 Å². The Balaban J connectivity index is 1.48. The van der Waals surface area contributed by atoms with Crippen LogP contribution >= 0.6 is 11.3 Å². The molecule has 2 heterocycles. The van der Waals surface area contributed by atoms with Gasteiger partial charge in [0.15, 0.2) is 4.96 Å². The number of fused-ring (bicyclic) bond motifs is 1. The van der Waals surface area contributed by atoms with Crippen molar-refractivity contribution in [2.75, 3.05) is 6.54 Å². The number of benzene rings is 1. The van der Waals surface area contributed by atoms with Gasteiger partial charge in [0, 0.05) is 30.9 Å². The molecule has 5 heteroatoms. The van der Waals surface area contributed by atoms with Gasteiger partial charge in [-0.3, -0.25) is 9.20 Å². The number of hydrogen-bond donors (Lipinski definition) is 0. The van der Waals surface area contributed by atoms with Crippen LogP contribution in [0.25, 0.3) is 4.96 Å². The summed E-state index contributed by atoms with van der Waals surface area (Å²) in [5.74, 6) is 0.847. The highest BCUT2D eigenvalue weighted by Crippen LogP contribution is 2.28. The molecule has 0 atom stereocenters. The predicted octanol–water partition coefficient (Wildman–Crippen LogP) is 3.77. The molecule has 0 aliphatic heterocycles. The fourth-order valence-electron chi connectivity index (χ4n) is 3.17. The monoisotopic (exact) mass is 339 g/mol. The van der Waals surface area contributed by atoms with Crippen LogP contribution < -0.4 is 0 Å². The Labute approximate surface area is 145 Å². The third-order valence-electron chi connectivity index (χ3n) is 4.75. The SMILES string of the molecule is O=C(Cc1cn2ccsc2n1)N(Cc1ccccc1)CC1CCC1. The largest absolute Gasteiger partial charge is 0.338 e. The zero-order valence-corrected chi connectivity index (χ0v) is 14.4. The van der Waals surface area contributed by atoms with Gasteiger partial charge in [0.05, 0.1) is 12.1 Å². The molecule has 0 unspecified atom stereocenters. The Bertz CT molecular complexity index is 791. The summed E-state index contributed by atoms with van der Waals surface area (Å²) >= 11 is 1.60. The lowest BCUT2D eigenvalue weighted by atomic mass is 9.85. The topological polar surface area (TPSA) is 37.6 Å². The van der Waals surface area contributed by atoms with Crippen molar-refractivity contribution in [1.29, 1.82) is 0 Å². The average molecular weight is 339 g/mol. The lowest BCUT2D eigenvalue weighted by Crippen LogP contribution is -2.37. The second-order valence-electron chi connectivity index (χ2n) is 6.56. The molecule has 24 heavy (non-hydrogen) atoms. The van der Waals surface area contributed by atoms with Crippen molar-refractivity contribution < 1.29 is 4.79 Å². The Hall–Kier alpha value is -2.14. The van der Waals surface area contributed by atoms with Crippen LogP contribution in [0.15, 0.2) is 48.1 Å². The van der Waals surface area contributed by atoms with Crippen LogP contribution in [0.4, 0.5) is 0 Å². The van der Waals surface area contributed by atoms with Gasteiger partial charge in [0.2, 0.25) is 5.91 Å². The molecule has 0 N–H and O–H groups in total. The predicted molar refractivity (Wildman–Crippen MR) is 96.0 cm³/mol. The molecule has 0 radical (unpaired) electrons. The summed E-state index contributed by atoms with van der Waals surface area (Å²) in [5, 5.41) is 2.01. The molecule has 1 aromatic carbocycles. The zero-order valence-electron chi connectivity index (χ0n) is 13.6. The van der Waals surface area contributed by atoms with E-state index >= 15 is 0 Å². The Morgan fingerprint density at radius 1 is 1.29 bits per heavy atom. The molecule has 4 rings (SSSR count). The molecule has 1 aliphatic rings. The van der Waals surface area contributed by atoms with E-state index in [0.29, 0.717) is 18.9 Å². The van der Waals surface area contributed by atoms with Gasteiger partial charge in [-0.2, -0.15) is 0 Å². The molecule has 1 amide bonds. The third-order valence-corrected chi connectivity index (χ3v) is 5.52. The number of carbonyl (C=O) groups excluding carboxylic acids is 1. The summed E-state index contributed by atoms with van der Waals surface area (Å²) < 4.78 is 1.99. The minimum Gasteiger partial charge on any atom is -0.338 e. The van der Waals surface area contributed by atoms with E-state index in [0.717, 1.165) is 17.2 Å². The smallest absolute Gasteiger partial charge is 0.228 e. The summed E-state index contributed by atoms with van der Waals surface area (Å²) in [6.07, 6.45) is 8.13. The highest BCUT2D eigenvalue weighted by atomic mass is 32.1. The van der Waals surface area contributed by atoms with E-state index in [9.17, 15) is 4.79 Å². The molecule has 2 aromatic heterocycles. The molecule has 124 valence electrons. The Morgan fingerprint density at radius 2 is 2.12 bits per heavy atom. The number of carbonyl (C=O) groups is 1. The molecule has 0 saturated heterocycles. The van der Waals surface area contributed by atoms with Gasteiger partial charge in [0.25, 0.3) is 0 Å². The first-order valence-corrected chi connectivity index (χ1v) is 9.38. The Kier molecular flexibility index (Phi) is 4.34. The lowest BCUT2D eigenvalue weighted by molar-refractivity contribution is -0.132. The maximum absolute atomic E-state index is 12.9. The molecular formula is C19H21N3OS. The summed E-state index contributed by atoms with van der Waals surface area (Å²) in [6, 6.07) is 10.3. The maximum atomic E-state index is 12.9. The van der Waals surface area contributed by atoms with Crippen molar-refractivity contribution >= 4 is 22.2 Å². The van der Waals surface area contributed by atoms with Crippen LogP contribution in [0.5, 0.6) is 0 Å². The van der Waals surface area contributed by atoms with Crippen LogP contribution in [0, 0.1) is 5.92 Å². The number of nitrogens with zero attached hydrogens (tertiary/aromatic N) is 3. The maximum Gasteiger partial charge on any atom is 0.228 e. The molecule has 1 fully saturated rings. The quantitative estimate of drug-likeness (QED) is 0.686. The third kappa shape index (κ3) is 3.36. The van der Waals surface area contributed by atoms with E-state index in [-0.39, 0.29) is 5.91 Å². The van der Waals surface area contributed by atoms with Crippen molar-refractivity contribution in [2.24, 2.45) is 5.92 Å². The first-order valence-electron chi connectivity index (χ1n) is 8.51. The summed E-state index contributed by atoms with van der Waals surface area (Å²) in [6.45, 7) is 1.56. The molecule has 0 spiro atoms. The van der Waals surface area contributed by atoms with E-state index in [2.05, 4.69) is 17.1 Å². The highest BCUT2D eigenvalue weighted by Gasteiger charge is 2.24. The van der Waals surface area contributed by atoms with Crippen LogP contribution in [0.2, 0.25) is 0 Å². The normalized spacial score (nSPS) is 14.7. The molecule has 3 aromatic rings. The number of rotatable bonds is 6. The van der Waals surface area contributed by atoms with Crippen molar-refractivity contribution in [3.63, 3.8) is 0 Å². The van der Waals surface area contributed by atoms with Gasteiger partial charge in [-0.15, -0.1) is 11.3 Å². The van der Waals surface area contributed by atoms with Crippen LogP contribution in [0.3, 0.4) is 0 Å². The fraction of sp³-hybridized carbons (Fsp3) is 0.368. The first-order chi connectivity index (χ1) is 11.8. The minimum absolute atomic E-state index is 0.177. The molecular weight excluding hydrogens is 318 g/mol. The zero-order chi connectivity index (χ0) is 16.4. The molecule has 1 saturated carbocycles. The summed E-state index contributed by atoms with van der Waals surface area (Å²) in [7, 11) is 0. The van der Waals surface area contributed by atoms with Gasteiger partial charge in [0.1, 0.15) is 0 Å². The van der Waals surface area contributed by atoms with E-state index in [1.807, 2.05) is 45.3 Å². The average Bonchev–Trinajstić information content (AvgIpc) is 3.11. The Morgan fingerprint density at radius 3 is 2.83 bits per heavy atom. The standard InChI is InChI=1S/C19H21N3OS/c23-18(11-17-14-21-9-10-24-19(21)20-17)22(13-16-7-4-8-16)12-15-5-2-1-3-6-15/h1-3,5-6,9-10,14,16H,4,7-8,11-13H2. The second kappa shape index (κ2) is 6.77. The van der Waals surface area contributed by atoms with Gasteiger partial charge >= 0.3 is 0 Å². The summed E-state index contributed by atoms with van der Waals surface area (Å²) in [4.78, 5) is 20.4.